The third kappa shape index (κ3) is 2.83. The maximum absolute atomic E-state index is 12.5. The normalized spacial score (nSPS) is 18.3. The number of hydrogen-bond donors (Lipinski definition) is 3. The predicted molar refractivity (Wildman–Crippen MR) is 94.1 cm³/mol. The Balaban J connectivity index is 1.42. The standard InChI is InChI=1S/C18H19N3O2S/c22-15(17-8-11-4-1-2-7-16(11)24-17)10-19-18(23)12-5-3-6-14-13(12)9-20-21-14/h1-2,4,7-9,12,15,22H,3,5-6,10H2,(H,19,23)(H,20,21)/t12-,15+/m1/s1. The first-order valence-electron chi connectivity index (χ1n) is 8.19. The van der Waals surface area contributed by atoms with E-state index in [1.54, 1.807) is 17.5 Å². The van der Waals surface area contributed by atoms with Crippen molar-refractivity contribution in [2.45, 2.75) is 31.3 Å². The van der Waals surface area contributed by atoms with Crippen molar-refractivity contribution >= 4 is 27.3 Å². The molecule has 0 saturated carbocycles. The van der Waals surface area contributed by atoms with Crippen molar-refractivity contribution in [2.75, 3.05) is 6.54 Å². The van der Waals surface area contributed by atoms with E-state index in [-0.39, 0.29) is 18.4 Å². The molecule has 0 unspecified atom stereocenters. The van der Waals surface area contributed by atoms with Crippen LogP contribution in [0.1, 0.15) is 41.0 Å². The van der Waals surface area contributed by atoms with E-state index < -0.39 is 6.10 Å². The number of aliphatic hydroxyl groups is 1. The first-order valence-corrected chi connectivity index (χ1v) is 9.00. The maximum atomic E-state index is 12.5. The number of aryl methyl sites for hydroxylation is 1. The van der Waals surface area contributed by atoms with E-state index in [9.17, 15) is 9.90 Å². The highest BCUT2D eigenvalue weighted by Crippen LogP contribution is 2.31. The van der Waals surface area contributed by atoms with Gasteiger partial charge in [0.05, 0.1) is 12.1 Å². The van der Waals surface area contributed by atoms with Crippen LogP contribution in [0.3, 0.4) is 0 Å². The molecule has 0 spiro atoms. The van der Waals surface area contributed by atoms with E-state index in [1.165, 1.54) is 0 Å². The summed E-state index contributed by atoms with van der Waals surface area (Å²) in [5, 5.41) is 21.4. The lowest BCUT2D eigenvalue weighted by Gasteiger charge is -2.21. The van der Waals surface area contributed by atoms with Gasteiger partial charge in [-0.2, -0.15) is 5.10 Å². The molecular weight excluding hydrogens is 322 g/mol. The number of nitrogens with one attached hydrogen (secondary N) is 2. The Labute approximate surface area is 143 Å². The smallest absolute Gasteiger partial charge is 0.227 e. The molecule has 0 aliphatic heterocycles. The third-order valence-electron chi connectivity index (χ3n) is 4.61. The summed E-state index contributed by atoms with van der Waals surface area (Å²) in [5.41, 5.74) is 2.06. The van der Waals surface area contributed by atoms with Crippen LogP contribution in [0.5, 0.6) is 0 Å². The number of aromatic nitrogens is 2. The van der Waals surface area contributed by atoms with Crippen LogP contribution in [0.15, 0.2) is 36.5 Å². The van der Waals surface area contributed by atoms with Crippen LogP contribution in [0.2, 0.25) is 0 Å². The molecule has 0 bridgehead atoms. The SMILES string of the molecule is O=C(NC[C@H](O)c1cc2ccccc2s1)[C@@H]1CCCc2[nH]ncc21. The fraction of sp³-hybridized carbons (Fsp3) is 0.333. The lowest BCUT2D eigenvalue weighted by molar-refractivity contribution is -0.123. The van der Waals surface area contributed by atoms with Gasteiger partial charge in [0.25, 0.3) is 0 Å². The Morgan fingerprint density at radius 3 is 3.21 bits per heavy atom. The fourth-order valence-corrected chi connectivity index (χ4v) is 4.37. The first-order chi connectivity index (χ1) is 11.7. The summed E-state index contributed by atoms with van der Waals surface area (Å²) >= 11 is 1.57. The zero-order valence-electron chi connectivity index (χ0n) is 13.2. The number of fused-ring (bicyclic) bond motifs is 2. The molecule has 1 aromatic carbocycles. The Morgan fingerprint density at radius 2 is 2.33 bits per heavy atom. The minimum atomic E-state index is -0.682. The quantitative estimate of drug-likeness (QED) is 0.683. The zero-order chi connectivity index (χ0) is 16.5. The Bertz CT molecular complexity index is 837. The van der Waals surface area contributed by atoms with Crippen LogP contribution >= 0.6 is 11.3 Å². The molecule has 6 heteroatoms. The van der Waals surface area contributed by atoms with Gasteiger partial charge in [-0.15, -0.1) is 11.3 Å². The van der Waals surface area contributed by atoms with E-state index in [0.717, 1.165) is 45.5 Å². The molecule has 3 N–H and O–H groups in total. The summed E-state index contributed by atoms with van der Waals surface area (Å²) in [6, 6.07) is 10.0. The number of amides is 1. The zero-order valence-corrected chi connectivity index (χ0v) is 14.0. The molecule has 0 radical (unpaired) electrons. The number of H-pyrrole nitrogens is 1. The number of carbonyl (C=O) groups excluding carboxylic acids is 1. The number of rotatable bonds is 4. The minimum Gasteiger partial charge on any atom is -0.386 e. The summed E-state index contributed by atoms with van der Waals surface area (Å²) in [6.07, 6.45) is 3.83. The number of hydrogen-bond acceptors (Lipinski definition) is 4. The van der Waals surface area contributed by atoms with Crippen molar-refractivity contribution in [3.8, 4) is 0 Å². The Hall–Kier alpha value is -2.18. The van der Waals surface area contributed by atoms with E-state index in [4.69, 9.17) is 0 Å². The van der Waals surface area contributed by atoms with Crippen LogP contribution in [0.4, 0.5) is 0 Å². The van der Waals surface area contributed by atoms with E-state index >= 15 is 0 Å². The number of benzene rings is 1. The second kappa shape index (κ2) is 6.37. The number of thiophene rings is 1. The molecule has 3 aromatic rings. The van der Waals surface area contributed by atoms with Gasteiger partial charge in [0.1, 0.15) is 6.10 Å². The van der Waals surface area contributed by atoms with Crippen molar-refractivity contribution in [3.63, 3.8) is 0 Å². The summed E-state index contributed by atoms with van der Waals surface area (Å²) in [5.74, 6) is -0.195. The van der Waals surface area contributed by atoms with Gasteiger partial charge >= 0.3 is 0 Å². The van der Waals surface area contributed by atoms with Gasteiger partial charge in [0.2, 0.25) is 5.91 Å². The van der Waals surface area contributed by atoms with Gasteiger partial charge in [-0.3, -0.25) is 9.89 Å². The summed E-state index contributed by atoms with van der Waals surface area (Å²) in [4.78, 5) is 13.4. The lowest BCUT2D eigenvalue weighted by Crippen LogP contribution is -2.33. The van der Waals surface area contributed by atoms with Crippen molar-refractivity contribution in [1.82, 2.24) is 15.5 Å². The second-order valence-electron chi connectivity index (χ2n) is 6.20. The van der Waals surface area contributed by atoms with Crippen LogP contribution in [0, 0.1) is 0 Å². The minimum absolute atomic E-state index is 0.0301. The van der Waals surface area contributed by atoms with E-state index in [0.29, 0.717) is 0 Å². The Morgan fingerprint density at radius 1 is 1.46 bits per heavy atom. The number of nitrogens with zero attached hydrogens (tertiary/aromatic N) is 1. The molecule has 1 amide bonds. The van der Waals surface area contributed by atoms with Crippen LogP contribution in [-0.2, 0) is 11.2 Å². The maximum Gasteiger partial charge on any atom is 0.227 e. The number of carbonyl (C=O) groups is 1. The van der Waals surface area contributed by atoms with Crippen molar-refractivity contribution in [2.24, 2.45) is 0 Å². The molecule has 4 rings (SSSR count). The molecule has 2 atom stereocenters. The molecule has 0 fully saturated rings. The highest BCUT2D eigenvalue weighted by atomic mass is 32.1. The topological polar surface area (TPSA) is 78.0 Å². The molecular formula is C18H19N3O2S. The van der Waals surface area contributed by atoms with Crippen molar-refractivity contribution in [3.05, 3.63) is 52.7 Å². The second-order valence-corrected chi connectivity index (χ2v) is 7.31. The van der Waals surface area contributed by atoms with Crippen LogP contribution in [0.25, 0.3) is 10.1 Å². The highest BCUT2D eigenvalue weighted by molar-refractivity contribution is 7.19. The average molecular weight is 341 g/mol. The van der Waals surface area contributed by atoms with Gasteiger partial charge < -0.3 is 10.4 Å². The molecule has 5 nitrogen and oxygen atoms in total. The van der Waals surface area contributed by atoms with Gasteiger partial charge in [-0.25, -0.2) is 0 Å². The van der Waals surface area contributed by atoms with E-state index in [2.05, 4.69) is 15.5 Å². The number of aromatic amines is 1. The van der Waals surface area contributed by atoms with Crippen LogP contribution < -0.4 is 5.32 Å². The summed E-state index contributed by atoms with van der Waals surface area (Å²) < 4.78 is 1.15. The molecule has 1 aliphatic rings. The van der Waals surface area contributed by atoms with Gasteiger partial charge in [0.15, 0.2) is 0 Å². The largest absolute Gasteiger partial charge is 0.386 e. The summed E-state index contributed by atoms with van der Waals surface area (Å²) in [7, 11) is 0. The molecule has 24 heavy (non-hydrogen) atoms. The van der Waals surface area contributed by atoms with Crippen molar-refractivity contribution in [1.29, 1.82) is 0 Å². The molecule has 2 heterocycles. The molecule has 2 aromatic heterocycles. The van der Waals surface area contributed by atoms with Gasteiger partial charge in [-0.05, 0) is 36.8 Å². The molecule has 0 saturated heterocycles. The monoisotopic (exact) mass is 341 g/mol. The molecule has 124 valence electrons. The lowest BCUT2D eigenvalue weighted by atomic mass is 9.86. The average Bonchev–Trinajstić information content (AvgIpc) is 3.25. The predicted octanol–water partition coefficient (Wildman–Crippen LogP) is 2.89. The fourth-order valence-electron chi connectivity index (χ4n) is 3.32. The Kier molecular flexibility index (Phi) is 4.08. The van der Waals surface area contributed by atoms with E-state index in [1.807, 2.05) is 30.3 Å². The van der Waals surface area contributed by atoms with Crippen LogP contribution in [-0.4, -0.2) is 27.8 Å². The third-order valence-corrected chi connectivity index (χ3v) is 5.82. The summed E-state index contributed by atoms with van der Waals surface area (Å²) in [6.45, 7) is 0.231. The van der Waals surface area contributed by atoms with Crippen molar-refractivity contribution < 1.29 is 9.90 Å². The first kappa shape index (κ1) is 15.4. The highest BCUT2D eigenvalue weighted by Gasteiger charge is 2.28. The molecule has 1 aliphatic carbocycles. The van der Waals surface area contributed by atoms with Gasteiger partial charge in [-0.1, -0.05) is 18.2 Å². The van der Waals surface area contributed by atoms with Gasteiger partial charge in [0, 0.05) is 27.4 Å². The number of aliphatic hydroxyl groups excluding tert-OH is 1.